The summed E-state index contributed by atoms with van der Waals surface area (Å²) >= 11 is 0. The minimum Gasteiger partial charge on any atom is -0.481 e. The van der Waals surface area contributed by atoms with E-state index in [1.54, 1.807) is 14.0 Å². The van der Waals surface area contributed by atoms with Crippen molar-refractivity contribution in [3.05, 3.63) is 35.4 Å². The number of hydrogen-bond donors (Lipinski definition) is 1. The number of carboxylic acid groups (broad SMARTS) is 1. The molecule has 2 rings (SSSR count). The number of nitrogens with zero attached hydrogens (tertiary/aromatic N) is 2. The van der Waals surface area contributed by atoms with Crippen molar-refractivity contribution >= 4 is 11.9 Å². The Morgan fingerprint density at radius 3 is 2.46 bits per heavy atom. The summed E-state index contributed by atoms with van der Waals surface area (Å²) in [5, 5.41) is 8.98. The fourth-order valence-corrected chi connectivity index (χ4v) is 2.85. The fraction of sp³-hybridized carbons (Fsp3) is 0.529. The van der Waals surface area contributed by atoms with Crippen LogP contribution in [0, 0.1) is 17.6 Å². The van der Waals surface area contributed by atoms with Gasteiger partial charge in [-0.05, 0) is 50.6 Å². The van der Waals surface area contributed by atoms with E-state index in [1.165, 1.54) is 11.0 Å². The molecule has 1 N–H and O–H groups in total. The van der Waals surface area contributed by atoms with Crippen molar-refractivity contribution in [2.75, 3.05) is 26.7 Å². The molecule has 7 heteroatoms. The van der Waals surface area contributed by atoms with Gasteiger partial charge < -0.3 is 10.0 Å². The molecule has 0 aliphatic carbocycles. The minimum atomic E-state index is -0.934. The lowest BCUT2D eigenvalue weighted by Crippen LogP contribution is -2.43. The van der Waals surface area contributed by atoms with Gasteiger partial charge in [-0.15, -0.1) is 0 Å². The predicted molar refractivity (Wildman–Crippen MR) is 84.3 cm³/mol. The zero-order valence-corrected chi connectivity index (χ0v) is 13.8. The Labute approximate surface area is 139 Å². The highest BCUT2D eigenvalue weighted by Crippen LogP contribution is 2.22. The number of piperidine rings is 1. The quantitative estimate of drug-likeness (QED) is 0.893. The Morgan fingerprint density at radius 1 is 1.29 bits per heavy atom. The van der Waals surface area contributed by atoms with E-state index in [-0.39, 0.29) is 24.4 Å². The normalized spacial score (nSPS) is 17.5. The standard InChI is InChI=1S/C17H22F2N2O3/c1-11(13-3-4-14(18)15(19)9-13)20(2)16(22)10-21-7-5-12(6-8-21)17(23)24/h3-4,9,11-12H,5-8,10H2,1-2H3,(H,23,24). The Bertz CT molecular complexity index is 616. The average Bonchev–Trinajstić information content (AvgIpc) is 2.56. The summed E-state index contributed by atoms with van der Waals surface area (Å²) in [6.07, 6.45) is 1.07. The number of carbonyl (C=O) groups excluding carboxylic acids is 1. The van der Waals surface area contributed by atoms with Crippen LogP contribution in [-0.2, 0) is 9.59 Å². The Hall–Kier alpha value is -2.02. The van der Waals surface area contributed by atoms with Crippen LogP contribution < -0.4 is 0 Å². The molecule has 0 spiro atoms. The molecule has 1 atom stereocenters. The third kappa shape index (κ3) is 4.29. The molecule has 1 unspecified atom stereocenters. The lowest BCUT2D eigenvalue weighted by molar-refractivity contribution is -0.143. The maximum atomic E-state index is 13.3. The molecule has 1 saturated heterocycles. The van der Waals surface area contributed by atoms with E-state index in [0.29, 0.717) is 31.5 Å². The number of likely N-dealkylation sites (N-methyl/N-ethyl adjacent to an activating group) is 1. The van der Waals surface area contributed by atoms with Crippen LogP contribution in [0.4, 0.5) is 8.78 Å². The summed E-state index contributed by atoms with van der Waals surface area (Å²) < 4.78 is 26.4. The molecule has 0 radical (unpaired) electrons. The molecule has 0 aromatic heterocycles. The van der Waals surface area contributed by atoms with Gasteiger partial charge in [0.05, 0.1) is 18.5 Å². The van der Waals surface area contributed by atoms with Gasteiger partial charge in [-0.3, -0.25) is 14.5 Å². The van der Waals surface area contributed by atoms with E-state index >= 15 is 0 Å². The van der Waals surface area contributed by atoms with Gasteiger partial charge in [-0.1, -0.05) is 6.07 Å². The highest BCUT2D eigenvalue weighted by Gasteiger charge is 2.27. The average molecular weight is 340 g/mol. The van der Waals surface area contributed by atoms with Crippen molar-refractivity contribution in [1.82, 2.24) is 9.80 Å². The number of benzene rings is 1. The lowest BCUT2D eigenvalue weighted by atomic mass is 9.97. The zero-order chi connectivity index (χ0) is 17.9. The van der Waals surface area contributed by atoms with Crippen LogP contribution in [0.25, 0.3) is 0 Å². The summed E-state index contributed by atoms with van der Waals surface area (Å²) in [7, 11) is 1.62. The number of hydrogen-bond acceptors (Lipinski definition) is 3. The van der Waals surface area contributed by atoms with Gasteiger partial charge in [0.2, 0.25) is 5.91 Å². The van der Waals surface area contributed by atoms with Crippen molar-refractivity contribution in [1.29, 1.82) is 0 Å². The van der Waals surface area contributed by atoms with E-state index in [9.17, 15) is 18.4 Å². The Morgan fingerprint density at radius 2 is 1.92 bits per heavy atom. The highest BCUT2D eigenvalue weighted by atomic mass is 19.2. The van der Waals surface area contributed by atoms with E-state index in [1.807, 2.05) is 4.90 Å². The topological polar surface area (TPSA) is 60.9 Å². The zero-order valence-electron chi connectivity index (χ0n) is 13.8. The van der Waals surface area contributed by atoms with E-state index in [4.69, 9.17) is 5.11 Å². The summed E-state index contributed by atoms with van der Waals surface area (Å²) in [6.45, 7) is 3.07. The van der Waals surface area contributed by atoms with Gasteiger partial charge >= 0.3 is 5.97 Å². The Balaban J connectivity index is 1.92. The van der Waals surface area contributed by atoms with Crippen LogP contribution in [0.15, 0.2) is 18.2 Å². The van der Waals surface area contributed by atoms with Crippen molar-refractivity contribution in [3.63, 3.8) is 0 Å². The number of carboxylic acids is 1. The van der Waals surface area contributed by atoms with Crippen LogP contribution in [0.2, 0.25) is 0 Å². The van der Waals surface area contributed by atoms with Crippen molar-refractivity contribution < 1.29 is 23.5 Å². The lowest BCUT2D eigenvalue weighted by Gasteiger charge is -2.32. The maximum Gasteiger partial charge on any atom is 0.306 e. The first-order chi connectivity index (χ1) is 11.3. The summed E-state index contributed by atoms with van der Waals surface area (Å²) in [5.74, 6) is -3.11. The van der Waals surface area contributed by atoms with Crippen LogP contribution in [-0.4, -0.2) is 53.5 Å². The van der Waals surface area contributed by atoms with E-state index < -0.39 is 17.6 Å². The largest absolute Gasteiger partial charge is 0.481 e. The molecule has 1 aromatic carbocycles. The molecule has 132 valence electrons. The number of halogens is 2. The number of rotatable bonds is 5. The van der Waals surface area contributed by atoms with E-state index in [0.717, 1.165) is 12.1 Å². The molecular weight excluding hydrogens is 318 g/mol. The van der Waals surface area contributed by atoms with Gasteiger partial charge in [-0.25, -0.2) is 8.78 Å². The molecule has 24 heavy (non-hydrogen) atoms. The first kappa shape index (κ1) is 18.3. The SMILES string of the molecule is CC(c1ccc(F)c(F)c1)N(C)C(=O)CN1CCC(C(=O)O)CC1. The van der Waals surface area contributed by atoms with Gasteiger partial charge in [0.1, 0.15) is 0 Å². The maximum absolute atomic E-state index is 13.3. The second-order valence-electron chi connectivity index (χ2n) is 6.24. The highest BCUT2D eigenvalue weighted by molar-refractivity contribution is 5.78. The molecule has 1 amide bonds. The predicted octanol–water partition coefficient (Wildman–Crippen LogP) is 2.28. The smallest absolute Gasteiger partial charge is 0.306 e. The van der Waals surface area contributed by atoms with Crippen LogP contribution >= 0.6 is 0 Å². The number of amides is 1. The summed E-state index contributed by atoms with van der Waals surface area (Å²) in [4.78, 5) is 26.8. The second kappa shape index (κ2) is 7.70. The van der Waals surface area contributed by atoms with E-state index in [2.05, 4.69) is 0 Å². The number of carbonyl (C=O) groups is 2. The Kier molecular flexibility index (Phi) is 5.88. The second-order valence-corrected chi connectivity index (χ2v) is 6.24. The van der Waals surface area contributed by atoms with Crippen LogP contribution in [0.5, 0.6) is 0 Å². The molecule has 1 aromatic rings. The minimum absolute atomic E-state index is 0.138. The van der Waals surface area contributed by atoms with Crippen molar-refractivity contribution in [2.24, 2.45) is 5.92 Å². The first-order valence-electron chi connectivity index (χ1n) is 7.95. The number of aliphatic carboxylic acids is 1. The molecule has 1 aliphatic rings. The monoisotopic (exact) mass is 340 g/mol. The molecule has 1 fully saturated rings. The molecule has 1 heterocycles. The van der Waals surface area contributed by atoms with Crippen molar-refractivity contribution in [2.45, 2.75) is 25.8 Å². The third-order valence-electron chi connectivity index (χ3n) is 4.70. The van der Waals surface area contributed by atoms with Gasteiger partial charge in [-0.2, -0.15) is 0 Å². The molecule has 0 bridgehead atoms. The first-order valence-corrected chi connectivity index (χ1v) is 7.95. The molecule has 5 nitrogen and oxygen atoms in total. The van der Waals surface area contributed by atoms with Crippen LogP contribution in [0.3, 0.4) is 0 Å². The summed E-state index contributed by atoms with van der Waals surface area (Å²) in [6, 6.07) is 3.23. The van der Waals surface area contributed by atoms with Crippen molar-refractivity contribution in [3.8, 4) is 0 Å². The molecular formula is C17H22F2N2O3. The van der Waals surface area contributed by atoms with Crippen LogP contribution in [0.1, 0.15) is 31.4 Å². The fourth-order valence-electron chi connectivity index (χ4n) is 2.85. The molecule has 0 saturated carbocycles. The van der Waals surface area contributed by atoms with Gasteiger partial charge in [0, 0.05) is 7.05 Å². The van der Waals surface area contributed by atoms with Gasteiger partial charge in [0.25, 0.3) is 0 Å². The molecule has 1 aliphatic heterocycles. The summed E-state index contributed by atoms with van der Waals surface area (Å²) in [5.41, 5.74) is 0.523. The number of likely N-dealkylation sites (tertiary alicyclic amines) is 1. The van der Waals surface area contributed by atoms with Gasteiger partial charge in [0.15, 0.2) is 11.6 Å². The third-order valence-corrected chi connectivity index (χ3v) is 4.70.